The quantitative estimate of drug-likeness (QED) is 0.739. The van der Waals surface area contributed by atoms with E-state index in [0.29, 0.717) is 0 Å². The van der Waals surface area contributed by atoms with Gasteiger partial charge in [-0.3, -0.25) is 10.1 Å². The van der Waals surface area contributed by atoms with E-state index < -0.39 is 0 Å². The minimum atomic E-state index is 1.03. The van der Waals surface area contributed by atoms with Crippen molar-refractivity contribution < 1.29 is 0 Å². The Bertz CT molecular complexity index is 639. The van der Waals surface area contributed by atoms with Crippen LogP contribution in [0.1, 0.15) is 5.56 Å². The Balaban J connectivity index is 2.10. The Labute approximate surface area is 106 Å². The largest absolute Gasteiger partial charge is 0.277 e. The molecule has 0 aliphatic carbocycles. The third-order valence-electron chi connectivity index (χ3n) is 2.95. The molecule has 3 rings (SSSR count). The van der Waals surface area contributed by atoms with Crippen molar-refractivity contribution >= 4 is 0 Å². The fourth-order valence-electron chi connectivity index (χ4n) is 1.97. The van der Waals surface area contributed by atoms with E-state index in [-0.39, 0.29) is 0 Å². The Morgan fingerprint density at radius 3 is 2.50 bits per heavy atom. The molecule has 0 radical (unpaired) electrons. The van der Waals surface area contributed by atoms with Crippen LogP contribution in [0, 0.1) is 6.92 Å². The second-order valence-corrected chi connectivity index (χ2v) is 4.27. The van der Waals surface area contributed by atoms with Crippen molar-refractivity contribution in [1.29, 1.82) is 0 Å². The smallest absolute Gasteiger partial charge is 0.0729 e. The van der Waals surface area contributed by atoms with Gasteiger partial charge in [0, 0.05) is 29.1 Å². The van der Waals surface area contributed by atoms with Crippen molar-refractivity contribution in [2.45, 2.75) is 6.92 Å². The predicted molar refractivity (Wildman–Crippen MR) is 72.0 cm³/mol. The Kier molecular flexibility index (Phi) is 2.65. The van der Waals surface area contributed by atoms with Crippen molar-refractivity contribution in [3.8, 4) is 22.4 Å². The molecule has 88 valence electrons. The summed E-state index contributed by atoms with van der Waals surface area (Å²) in [6.07, 6.45) is 5.46. The van der Waals surface area contributed by atoms with Crippen molar-refractivity contribution in [2.75, 3.05) is 0 Å². The fourth-order valence-corrected chi connectivity index (χ4v) is 1.97. The second-order valence-electron chi connectivity index (χ2n) is 4.27. The van der Waals surface area contributed by atoms with E-state index in [9.17, 15) is 0 Å². The lowest BCUT2D eigenvalue weighted by Crippen LogP contribution is -1.83. The highest BCUT2D eigenvalue weighted by atomic mass is 15.1. The van der Waals surface area contributed by atoms with Gasteiger partial charge in [-0.1, -0.05) is 35.9 Å². The van der Waals surface area contributed by atoms with Gasteiger partial charge in [-0.05, 0) is 13.0 Å². The van der Waals surface area contributed by atoms with Crippen LogP contribution in [0.5, 0.6) is 0 Å². The molecule has 2 heterocycles. The number of aryl methyl sites for hydroxylation is 1. The van der Waals surface area contributed by atoms with Crippen molar-refractivity contribution in [2.24, 2.45) is 0 Å². The summed E-state index contributed by atoms with van der Waals surface area (Å²) in [4.78, 5) is 4.15. The Morgan fingerprint density at radius 2 is 1.78 bits per heavy atom. The first-order valence-corrected chi connectivity index (χ1v) is 5.85. The molecule has 0 unspecified atom stereocenters. The van der Waals surface area contributed by atoms with E-state index in [1.54, 1.807) is 6.20 Å². The molecule has 18 heavy (non-hydrogen) atoms. The molecule has 3 heteroatoms. The van der Waals surface area contributed by atoms with Crippen LogP contribution in [0.25, 0.3) is 22.4 Å². The molecule has 1 N–H and O–H groups in total. The minimum absolute atomic E-state index is 1.03. The highest BCUT2D eigenvalue weighted by Crippen LogP contribution is 2.29. The number of pyridine rings is 1. The van der Waals surface area contributed by atoms with E-state index in [1.807, 2.05) is 24.5 Å². The van der Waals surface area contributed by atoms with Gasteiger partial charge in [-0.15, -0.1) is 0 Å². The molecule has 0 spiro atoms. The van der Waals surface area contributed by atoms with Crippen LogP contribution >= 0.6 is 0 Å². The highest BCUT2D eigenvalue weighted by molar-refractivity contribution is 5.79. The zero-order valence-corrected chi connectivity index (χ0v) is 10.1. The molecule has 0 saturated heterocycles. The van der Waals surface area contributed by atoms with Crippen LogP contribution in [-0.4, -0.2) is 15.2 Å². The van der Waals surface area contributed by atoms with Gasteiger partial charge in [0.05, 0.1) is 11.9 Å². The third kappa shape index (κ3) is 1.91. The molecule has 0 aliphatic heterocycles. The number of benzene rings is 1. The van der Waals surface area contributed by atoms with E-state index in [4.69, 9.17) is 0 Å². The first kappa shape index (κ1) is 10.7. The number of aromatic amines is 1. The van der Waals surface area contributed by atoms with Crippen molar-refractivity contribution in [1.82, 2.24) is 15.2 Å². The van der Waals surface area contributed by atoms with Crippen LogP contribution < -0.4 is 0 Å². The monoisotopic (exact) mass is 235 g/mol. The number of aromatic nitrogens is 3. The summed E-state index contributed by atoms with van der Waals surface area (Å²) in [5.74, 6) is 0. The predicted octanol–water partition coefficient (Wildman–Crippen LogP) is 3.45. The maximum Gasteiger partial charge on any atom is 0.0729 e. The summed E-state index contributed by atoms with van der Waals surface area (Å²) in [5, 5.41) is 7.21. The summed E-state index contributed by atoms with van der Waals surface area (Å²) >= 11 is 0. The SMILES string of the molecule is Cc1ccc(-c2[nH]ncc2-c2cccnc2)cc1. The lowest BCUT2D eigenvalue weighted by molar-refractivity contribution is 1.09. The summed E-state index contributed by atoms with van der Waals surface area (Å²) in [6, 6.07) is 12.4. The number of nitrogens with zero attached hydrogens (tertiary/aromatic N) is 2. The lowest BCUT2D eigenvalue weighted by Gasteiger charge is -2.03. The number of nitrogens with one attached hydrogen (secondary N) is 1. The molecule has 0 bridgehead atoms. The summed E-state index contributed by atoms with van der Waals surface area (Å²) in [6.45, 7) is 2.08. The standard InChI is InChI=1S/C15H13N3/c1-11-4-6-12(7-5-11)15-14(10-17-18-15)13-3-2-8-16-9-13/h2-10H,1H3,(H,17,18). The molecular formula is C15H13N3. The van der Waals surface area contributed by atoms with E-state index in [2.05, 4.69) is 46.4 Å². The topological polar surface area (TPSA) is 41.6 Å². The van der Waals surface area contributed by atoms with Crippen LogP contribution in [0.3, 0.4) is 0 Å². The average Bonchev–Trinajstić information content (AvgIpc) is 2.90. The molecule has 3 nitrogen and oxygen atoms in total. The molecule has 0 saturated carbocycles. The van der Waals surface area contributed by atoms with Gasteiger partial charge in [-0.2, -0.15) is 5.10 Å². The average molecular weight is 235 g/mol. The minimum Gasteiger partial charge on any atom is -0.277 e. The van der Waals surface area contributed by atoms with Gasteiger partial charge in [0.1, 0.15) is 0 Å². The van der Waals surface area contributed by atoms with Crippen LogP contribution in [0.2, 0.25) is 0 Å². The molecular weight excluding hydrogens is 222 g/mol. The summed E-state index contributed by atoms with van der Waals surface area (Å²) < 4.78 is 0. The van der Waals surface area contributed by atoms with E-state index >= 15 is 0 Å². The third-order valence-corrected chi connectivity index (χ3v) is 2.95. The van der Waals surface area contributed by atoms with Crippen molar-refractivity contribution in [3.05, 3.63) is 60.6 Å². The number of hydrogen-bond acceptors (Lipinski definition) is 2. The zero-order chi connectivity index (χ0) is 12.4. The lowest BCUT2D eigenvalue weighted by atomic mass is 10.0. The zero-order valence-electron chi connectivity index (χ0n) is 10.1. The van der Waals surface area contributed by atoms with Gasteiger partial charge < -0.3 is 0 Å². The summed E-state index contributed by atoms with van der Waals surface area (Å²) in [5.41, 5.74) is 5.56. The van der Waals surface area contributed by atoms with E-state index in [0.717, 1.165) is 22.4 Å². The molecule has 0 atom stereocenters. The summed E-state index contributed by atoms with van der Waals surface area (Å²) in [7, 11) is 0. The van der Waals surface area contributed by atoms with E-state index in [1.165, 1.54) is 5.56 Å². The normalized spacial score (nSPS) is 10.5. The fraction of sp³-hybridized carbons (Fsp3) is 0.0667. The molecule has 3 aromatic rings. The van der Waals surface area contributed by atoms with Gasteiger partial charge in [0.25, 0.3) is 0 Å². The van der Waals surface area contributed by atoms with Gasteiger partial charge in [0.15, 0.2) is 0 Å². The highest BCUT2D eigenvalue weighted by Gasteiger charge is 2.09. The van der Waals surface area contributed by atoms with Crippen LogP contribution in [-0.2, 0) is 0 Å². The van der Waals surface area contributed by atoms with Gasteiger partial charge >= 0.3 is 0 Å². The molecule has 0 amide bonds. The maximum absolute atomic E-state index is 4.15. The first-order valence-electron chi connectivity index (χ1n) is 5.85. The Hall–Kier alpha value is -2.42. The molecule has 0 fully saturated rings. The van der Waals surface area contributed by atoms with Gasteiger partial charge in [0.2, 0.25) is 0 Å². The van der Waals surface area contributed by atoms with Crippen LogP contribution in [0.15, 0.2) is 55.0 Å². The van der Waals surface area contributed by atoms with Crippen molar-refractivity contribution in [3.63, 3.8) is 0 Å². The molecule has 0 aliphatic rings. The second kappa shape index (κ2) is 4.45. The van der Waals surface area contributed by atoms with Crippen LogP contribution in [0.4, 0.5) is 0 Å². The first-order chi connectivity index (χ1) is 8.84. The number of hydrogen-bond donors (Lipinski definition) is 1. The van der Waals surface area contributed by atoms with Gasteiger partial charge in [-0.25, -0.2) is 0 Å². The number of H-pyrrole nitrogens is 1. The molecule has 1 aromatic carbocycles. The Morgan fingerprint density at radius 1 is 0.944 bits per heavy atom. The maximum atomic E-state index is 4.15. The molecule has 2 aromatic heterocycles. The number of rotatable bonds is 2.